The highest BCUT2D eigenvalue weighted by molar-refractivity contribution is 9.10. The van der Waals surface area contributed by atoms with Crippen LogP contribution in [0.1, 0.15) is 29.0 Å². The maximum atomic E-state index is 5.84. The number of thiocarbonyl (C=S) groups is 1. The molecule has 1 saturated heterocycles. The number of nitrogens with one attached hydrogen (secondary N) is 1. The van der Waals surface area contributed by atoms with Gasteiger partial charge in [0.25, 0.3) is 0 Å². The smallest absolute Gasteiger partial charge is 0.170 e. The number of rotatable bonds is 6. The minimum Gasteiger partial charge on any atom is -0.497 e. The van der Waals surface area contributed by atoms with Crippen LogP contribution in [0, 0.1) is 0 Å². The van der Waals surface area contributed by atoms with E-state index < -0.39 is 0 Å². The van der Waals surface area contributed by atoms with Gasteiger partial charge in [0.15, 0.2) is 5.11 Å². The van der Waals surface area contributed by atoms with Crippen LogP contribution in [-0.4, -0.2) is 26.7 Å². The molecule has 7 heteroatoms. The number of halogens is 1. The first-order valence-electron chi connectivity index (χ1n) is 10.7. The van der Waals surface area contributed by atoms with Crippen molar-refractivity contribution in [1.29, 1.82) is 0 Å². The van der Waals surface area contributed by atoms with Gasteiger partial charge in [0.2, 0.25) is 0 Å². The van der Waals surface area contributed by atoms with Gasteiger partial charge in [-0.15, -0.1) is 0 Å². The van der Waals surface area contributed by atoms with Crippen molar-refractivity contribution in [2.45, 2.75) is 18.6 Å². The molecule has 1 fully saturated rings. The molecule has 0 saturated carbocycles. The van der Waals surface area contributed by atoms with Crippen LogP contribution in [0.5, 0.6) is 5.75 Å². The molecule has 5 nitrogen and oxygen atoms in total. The molecule has 4 aromatic rings. The van der Waals surface area contributed by atoms with Crippen LogP contribution in [0.25, 0.3) is 5.69 Å². The Labute approximate surface area is 207 Å². The molecule has 0 radical (unpaired) electrons. The summed E-state index contributed by atoms with van der Waals surface area (Å²) in [5.41, 5.74) is 4.35. The van der Waals surface area contributed by atoms with Crippen molar-refractivity contribution in [3.05, 3.63) is 113 Å². The molecule has 0 amide bonds. The predicted octanol–water partition coefficient (Wildman–Crippen LogP) is 5.82. The number of pyridine rings is 1. The Morgan fingerprint density at radius 3 is 2.61 bits per heavy atom. The molecule has 0 bridgehead atoms. The number of aromatic nitrogens is 2. The molecule has 2 aromatic heterocycles. The van der Waals surface area contributed by atoms with Gasteiger partial charge in [0.1, 0.15) is 5.75 Å². The number of hydrogen-bond donors (Lipinski definition) is 1. The Bertz CT molecular complexity index is 1260. The summed E-state index contributed by atoms with van der Waals surface area (Å²) in [5, 5.41) is 4.26. The van der Waals surface area contributed by atoms with Crippen molar-refractivity contribution in [2.24, 2.45) is 0 Å². The highest BCUT2D eigenvalue weighted by atomic mass is 79.9. The molecule has 1 aliphatic heterocycles. The monoisotopic (exact) mass is 518 g/mol. The topological polar surface area (TPSA) is 42.3 Å². The molecule has 2 atom stereocenters. The first-order chi connectivity index (χ1) is 16.1. The number of benzene rings is 2. The normalized spacial score (nSPS) is 17.8. The van der Waals surface area contributed by atoms with Crippen molar-refractivity contribution < 1.29 is 4.74 Å². The highest BCUT2D eigenvalue weighted by Gasteiger charge is 2.41. The summed E-state index contributed by atoms with van der Waals surface area (Å²) in [7, 11) is 1.68. The quantitative estimate of drug-likeness (QED) is 0.326. The fraction of sp³-hybridized carbons (Fsp3) is 0.154. The Morgan fingerprint density at radius 2 is 1.88 bits per heavy atom. The van der Waals surface area contributed by atoms with Gasteiger partial charge in [-0.05, 0) is 72.4 Å². The molecule has 0 aliphatic carbocycles. The van der Waals surface area contributed by atoms with E-state index in [9.17, 15) is 0 Å². The van der Waals surface area contributed by atoms with Crippen molar-refractivity contribution in [1.82, 2.24) is 19.8 Å². The van der Waals surface area contributed by atoms with E-state index in [-0.39, 0.29) is 12.1 Å². The third kappa shape index (κ3) is 4.38. The number of ether oxygens (including phenoxy) is 1. The Morgan fingerprint density at radius 1 is 1.03 bits per heavy atom. The lowest BCUT2D eigenvalue weighted by atomic mass is 10.0. The molecule has 0 spiro atoms. The zero-order valence-electron chi connectivity index (χ0n) is 18.1. The highest BCUT2D eigenvalue weighted by Crippen LogP contribution is 2.40. The fourth-order valence-electron chi connectivity index (χ4n) is 4.32. The van der Waals surface area contributed by atoms with E-state index in [2.05, 4.69) is 84.4 Å². The SMILES string of the molecule is COc1ccc(CN2C(=S)NC(c3ccccn3)C2c2cccn2-c2cccc(Br)c2)cc1. The van der Waals surface area contributed by atoms with Gasteiger partial charge < -0.3 is 19.5 Å². The molecular formula is C26H23BrN4OS. The number of nitrogens with zero attached hydrogens (tertiary/aromatic N) is 3. The van der Waals surface area contributed by atoms with Gasteiger partial charge in [0, 0.05) is 34.8 Å². The largest absolute Gasteiger partial charge is 0.497 e. The minimum atomic E-state index is -0.0715. The van der Waals surface area contributed by atoms with Crippen molar-refractivity contribution >= 4 is 33.3 Å². The van der Waals surface area contributed by atoms with Gasteiger partial charge in [-0.3, -0.25) is 4.98 Å². The Balaban J connectivity index is 1.58. The van der Waals surface area contributed by atoms with E-state index in [0.717, 1.165) is 32.9 Å². The minimum absolute atomic E-state index is 0.0384. The van der Waals surface area contributed by atoms with Gasteiger partial charge in [-0.25, -0.2) is 0 Å². The number of hydrogen-bond acceptors (Lipinski definition) is 3. The first-order valence-corrected chi connectivity index (χ1v) is 11.9. The van der Waals surface area contributed by atoms with Crippen LogP contribution in [-0.2, 0) is 6.54 Å². The predicted molar refractivity (Wildman–Crippen MR) is 137 cm³/mol. The average Bonchev–Trinajstić information content (AvgIpc) is 3.45. The number of methoxy groups -OCH3 is 1. The van der Waals surface area contributed by atoms with Crippen LogP contribution >= 0.6 is 28.1 Å². The maximum absolute atomic E-state index is 5.84. The molecule has 1 aliphatic rings. The summed E-state index contributed by atoms with van der Waals surface area (Å²) >= 11 is 9.45. The Kier molecular flexibility index (Phi) is 6.15. The zero-order chi connectivity index (χ0) is 22.8. The second-order valence-electron chi connectivity index (χ2n) is 7.89. The lowest BCUT2D eigenvalue weighted by molar-refractivity contribution is 0.302. The molecule has 2 unspecified atom stereocenters. The van der Waals surface area contributed by atoms with Gasteiger partial charge >= 0.3 is 0 Å². The summed E-state index contributed by atoms with van der Waals surface area (Å²) in [5.74, 6) is 0.840. The van der Waals surface area contributed by atoms with E-state index in [4.69, 9.17) is 17.0 Å². The molecule has 3 heterocycles. The van der Waals surface area contributed by atoms with Gasteiger partial charge in [-0.2, -0.15) is 0 Å². The van der Waals surface area contributed by atoms with E-state index in [1.54, 1.807) is 7.11 Å². The van der Waals surface area contributed by atoms with Crippen LogP contribution in [0.15, 0.2) is 95.7 Å². The van der Waals surface area contributed by atoms with E-state index in [0.29, 0.717) is 11.7 Å². The summed E-state index contributed by atoms with van der Waals surface area (Å²) in [6.45, 7) is 0.674. The molecule has 166 valence electrons. The maximum Gasteiger partial charge on any atom is 0.170 e. The van der Waals surface area contributed by atoms with Gasteiger partial charge in [0.05, 0.1) is 24.9 Å². The lowest BCUT2D eigenvalue weighted by Crippen LogP contribution is -2.30. The standard InChI is InChI=1S/C26H23BrN4OS/c1-32-21-12-10-18(11-13-21)17-31-25(24(29-26(31)33)22-8-2-3-14-28-22)23-9-5-15-30(23)20-7-4-6-19(27)16-20/h2-16,24-25H,17H2,1H3,(H,29,33). The molecule has 5 rings (SSSR count). The summed E-state index contributed by atoms with van der Waals surface area (Å²) in [6, 6.07) is 26.6. The second kappa shape index (κ2) is 9.37. The lowest BCUT2D eigenvalue weighted by Gasteiger charge is -2.29. The third-order valence-electron chi connectivity index (χ3n) is 5.88. The zero-order valence-corrected chi connectivity index (χ0v) is 20.5. The molecule has 2 aromatic carbocycles. The summed E-state index contributed by atoms with van der Waals surface area (Å²) < 4.78 is 8.58. The molecular weight excluding hydrogens is 496 g/mol. The molecule has 33 heavy (non-hydrogen) atoms. The van der Waals surface area contributed by atoms with Crippen LogP contribution in [0.4, 0.5) is 0 Å². The van der Waals surface area contributed by atoms with E-state index >= 15 is 0 Å². The second-order valence-corrected chi connectivity index (χ2v) is 9.19. The van der Waals surface area contributed by atoms with E-state index in [1.807, 2.05) is 42.6 Å². The van der Waals surface area contributed by atoms with Crippen molar-refractivity contribution in [2.75, 3.05) is 7.11 Å². The first kappa shape index (κ1) is 21.7. The fourth-order valence-corrected chi connectivity index (χ4v) is 5.01. The molecule has 1 N–H and O–H groups in total. The van der Waals surface area contributed by atoms with Crippen LogP contribution in [0.3, 0.4) is 0 Å². The summed E-state index contributed by atoms with van der Waals surface area (Å²) in [4.78, 5) is 6.90. The van der Waals surface area contributed by atoms with Gasteiger partial charge in [-0.1, -0.05) is 40.2 Å². The van der Waals surface area contributed by atoms with Crippen LogP contribution < -0.4 is 10.1 Å². The van der Waals surface area contributed by atoms with Crippen molar-refractivity contribution in [3.63, 3.8) is 0 Å². The Hall–Kier alpha value is -3.16. The van der Waals surface area contributed by atoms with Crippen molar-refractivity contribution in [3.8, 4) is 11.4 Å². The average molecular weight is 519 g/mol. The van der Waals surface area contributed by atoms with Crippen LogP contribution in [0.2, 0.25) is 0 Å². The summed E-state index contributed by atoms with van der Waals surface area (Å²) in [6.07, 6.45) is 3.93. The van der Waals surface area contributed by atoms with E-state index in [1.165, 1.54) is 0 Å². The third-order valence-corrected chi connectivity index (χ3v) is 6.73.